The molecule has 5 heteroatoms. The molecule has 1 fully saturated rings. The van der Waals surface area contributed by atoms with Crippen molar-refractivity contribution in [3.05, 3.63) is 29.6 Å². The first-order valence-corrected chi connectivity index (χ1v) is 6.47. The molecular formula is C14H17F4N. The van der Waals surface area contributed by atoms with Gasteiger partial charge in [0.05, 0.1) is 11.3 Å². The van der Waals surface area contributed by atoms with Crippen LogP contribution in [0.25, 0.3) is 0 Å². The topological polar surface area (TPSA) is 12.0 Å². The second kappa shape index (κ2) is 5.02. The van der Waals surface area contributed by atoms with Crippen molar-refractivity contribution in [3.63, 3.8) is 0 Å². The van der Waals surface area contributed by atoms with Crippen LogP contribution in [0.4, 0.5) is 23.2 Å². The van der Waals surface area contributed by atoms with Gasteiger partial charge in [-0.05, 0) is 42.9 Å². The van der Waals surface area contributed by atoms with Crippen LogP contribution >= 0.6 is 0 Å². The molecule has 0 bridgehead atoms. The van der Waals surface area contributed by atoms with Crippen LogP contribution in [0.5, 0.6) is 0 Å². The van der Waals surface area contributed by atoms with Crippen LogP contribution in [0.3, 0.4) is 0 Å². The lowest BCUT2D eigenvalue weighted by Crippen LogP contribution is -2.16. The van der Waals surface area contributed by atoms with E-state index >= 15 is 0 Å². The fraction of sp³-hybridized carbons (Fsp3) is 0.571. The SMILES string of the molecule is CCCC1(CNc2ccc(C(F)(F)F)cc2F)CC1. The summed E-state index contributed by atoms with van der Waals surface area (Å²) in [6, 6.07) is 2.62. The molecule has 1 N–H and O–H groups in total. The van der Waals surface area contributed by atoms with Crippen molar-refractivity contribution < 1.29 is 17.6 Å². The van der Waals surface area contributed by atoms with Crippen molar-refractivity contribution in [3.8, 4) is 0 Å². The molecule has 0 unspecified atom stereocenters. The molecule has 1 aliphatic carbocycles. The molecule has 0 aromatic heterocycles. The Hall–Kier alpha value is -1.26. The largest absolute Gasteiger partial charge is 0.416 e. The van der Waals surface area contributed by atoms with E-state index in [0.717, 1.165) is 31.7 Å². The van der Waals surface area contributed by atoms with E-state index in [4.69, 9.17) is 0 Å². The predicted octanol–water partition coefficient (Wildman–Crippen LogP) is 4.84. The highest BCUT2D eigenvalue weighted by atomic mass is 19.4. The summed E-state index contributed by atoms with van der Waals surface area (Å²) in [4.78, 5) is 0. The molecule has 0 amide bonds. The molecule has 1 nitrogen and oxygen atoms in total. The number of alkyl halides is 3. The van der Waals surface area contributed by atoms with E-state index in [0.29, 0.717) is 12.6 Å². The highest BCUT2D eigenvalue weighted by Crippen LogP contribution is 2.49. The molecule has 106 valence electrons. The van der Waals surface area contributed by atoms with E-state index in [1.807, 2.05) is 0 Å². The van der Waals surface area contributed by atoms with Gasteiger partial charge in [-0.2, -0.15) is 13.2 Å². The van der Waals surface area contributed by atoms with Gasteiger partial charge < -0.3 is 5.32 Å². The van der Waals surface area contributed by atoms with Gasteiger partial charge in [-0.3, -0.25) is 0 Å². The summed E-state index contributed by atoms with van der Waals surface area (Å²) >= 11 is 0. The standard InChI is InChI=1S/C14H17F4N/c1-2-5-13(6-7-13)9-19-12-4-3-10(8-11(12)15)14(16,17)18/h3-4,8,19H,2,5-7,9H2,1H3. The second-order valence-corrected chi connectivity index (χ2v) is 5.30. The lowest BCUT2D eigenvalue weighted by molar-refractivity contribution is -0.137. The summed E-state index contributed by atoms with van der Waals surface area (Å²) in [6.45, 7) is 2.72. The number of hydrogen-bond acceptors (Lipinski definition) is 1. The van der Waals surface area contributed by atoms with E-state index in [1.54, 1.807) is 0 Å². The Morgan fingerprint density at radius 3 is 2.42 bits per heavy atom. The smallest absolute Gasteiger partial charge is 0.382 e. The molecule has 19 heavy (non-hydrogen) atoms. The Labute approximate surface area is 110 Å². The third-order valence-electron chi connectivity index (χ3n) is 3.69. The van der Waals surface area contributed by atoms with Crippen molar-refractivity contribution in [1.82, 2.24) is 0 Å². The molecule has 2 rings (SSSR count). The third-order valence-corrected chi connectivity index (χ3v) is 3.69. The molecule has 0 radical (unpaired) electrons. The van der Waals surface area contributed by atoms with Crippen molar-refractivity contribution in [1.29, 1.82) is 0 Å². The summed E-state index contributed by atoms with van der Waals surface area (Å²) in [5.41, 5.74) is -0.579. The molecule has 1 aromatic carbocycles. The summed E-state index contributed by atoms with van der Waals surface area (Å²) < 4.78 is 50.8. The number of hydrogen-bond donors (Lipinski definition) is 1. The highest BCUT2D eigenvalue weighted by Gasteiger charge is 2.41. The van der Waals surface area contributed by atoms with E-state index in [2.05, 4.69) is 12.2 Å². The van der Waals surface area contributed by atoms with E-state index in [9.17, 15) is 17.6 Å². The lowest BCUT2D eigenvalue weighted by Gasteiger charge is -2.17. The van der Waals surface area contributed by atoms with E-state index in [1.165, 1.54) is 6.07 Å². The quantitative estimate of drug-likeness (QED) is 0.758. The van der Waals surface area contributed by atoms with Gasteiger partial charge in [-0.25, -0.2) is 4.39 Å². The molecule has 0 saturated heterocycles. The maximum Gasteiger partial charge on any atom is 0.416 e. The normalized spacial score (nSPS) is 17.3. The summed E-state index contributed by atoms with van der Waals surface area (Å²) in [7, 11) is 0. The number of rotatable bonds is 5. The van der Waals surface area contributed by atoms with Crippen molar-refractivity contribution in [2.75, 3.05) is 11.9 Å². The predicted molar refractivity (Wildman–Crippen MR) is 66.5 cm³/mol. The van der Waals surface area contributed by atoms with Gasteiger partial charge in [0.1, 0.15) is 5.82 Å². The monoisotopic (exact) mass is 275 g/mol. The first-order valence-electron chi connectivity index (χ1n) is 6.47. The van der Waals surface area contributed by atoms with Crippen molar-refractivity contribution in [2.45, 2.75) is 38.8 Å². The molecule has 0 aliphatic heterocycles. The van der Waals surface area contributed by atoms with Crippen LogP contribution in [0.15, 0.2) is 18.2 Å². The second-order valence-electron chi connectivity index (χ2n) is 5.30. The highest BCUT2D eigenvalue weighted by molar-refractivity contribution is 5.47. The van der Waals surface area contributed by atoms with Crippen LogP contribution in [-0.2, 0) is 6.18 Å². The molecule has 0 heterocycles. The van der Waals surface area contributed by atoms with Crippen molar-refractivity contribution >= 4 is 5.69 Å². The van der Waals surface area contributed by atoms with Crippen LogP contribution in [0.1, 0.15) is 38.2 Å². The molecule has 0 spiro atoms. The fourth-order valence-electron chi connectivity index (χ4n) is 2.34. The van der Waals surface area contributed by atoms with Gasteiger partial charge in [-0.1, -0.05) is 13.3 Å². The third kappa shape index (κ3) is 3.39. The first kappa shape index (κ1) is 14.2. The number of nitrogens with one attached hydrogen (secondary N) is 1. The van der Waals surface area contributed by atoms with Gasteiger partial charge >= 0.3 is 6.18 Å². The van der Waals surface area contributed by atoms with Crippen molar-refractivity contribution in [2.24, 2.45) is 5.41 Å². The molecule has 0 atom stereocenters. The zero-order valence-corrected chi connectivity index (χ0v) is 10.8. The molecule has 1 saturated carbocycles. The minimum Gasteiger partial charge on any atom is -0.382 e. The first-order chi connectivity index (χ1) is 8.86. The number of benzene rings is 1. The Bertz CT molecular complexity index is 449. The van der Waals surface area contributed by atoms with Gasteiger partial charge in [0.2, 0.25) is 0 Å². The fourth-order valence-corrected chi connectivity index (χ4v) is 2.34. The van der Waals surface area contributed by atoms with Gasteiger partial charge in [0, 0.05) is 6.54 Å². The molecule has 1 aliphatic rings. The number of halogens is 4. The Kier molecular flexibility index (Phi) is 3.74. The average molecular weight is 275 g/mol. The van der Waals surface area contributed by atoms with Gasteiger partial charge in [0.25, 0.3) is 0 Å². The minimum absolute atomic E-state index is 0.148. The Morgan fingerprint density at radius 1 is 1.26 bits per heavy atom. The number of anilines is 1. The zero-order chi connectivity index (χ0) is 14.1. The van der Waals surface area contributed by atoms with Crippen LogP contribution in [0, 0.1) is 11.2 Å². The van der Waals surface area contributed by atoms with Crippen LogP contribution < -0.4 is 5.32 Å². The maximum atomic E-state index is 13.6. The molecular weight excluding hydrogens is 258 g/mol. The minimum atomic E-state index is -4.50. The van der Waals surface area contributed by atoms with E-state index < -0.39 is 17.6 Å². The zero-order valence-electron chi connectivity index (χ0n) is 10.8. The van der Waals surface area contributed by atoms with Crippen LogP contribution in [0.2, 0.25) is 0 Å². The summed E-state index contributed by atoms with van der Waals surface area (Å²) in [5, 5.41) is 2.94. The van der Waals surface area contributed by atoms with E-state index in [-0.39, 0.29) is 11.1 Å². The maximum absolute atomic E-state index is 13.6. The van der Waals surface area contributed by atoms with Gasteiger partial charge in [-0.15, -0.1) is 0 Å². The Morgan fingerprint density at radius 2 is 1.95 bits per heavy atom. The summed E-state index contributed by atoms with van der Waals surface area (Å²) in [6.07, 6.45) is -0.148. The summed E-state index contributed by atoms with van der Waals surface area (Å²) in [5.74, 6) is -0.845. The van der Waals surface area contributed by atoms with Gasteiger partial charge in [0.15, 0.2) is 0 Å². The Balaban J connectivity index is 2.02. The molecule has 1 aromatic rings. The van der Waals surface area contributed by atoms with Crippen LogP contribution in [-0.4, -0.2) is 6.54 Å². The lowest BCUT2D eigenvalue weighted by atomic mass is 10.0. The average Bonchev–Trinajstić information content (AvgIpc) is 3.07.